The number of rotatable bonds is 8. The average molecular weight is 524 g/mol. The lowest BCUT2D eigenvalue weighted by atomic mass is 10.0. The molecule has 0 aromatic heterocycles. The predicted molar refractivity (Wildman–Crippen MR) is 143 cm³/mol. The lowest BCUT2D eigenvalue weighted by Crippen LogP contribution is -2.44. The van der Waals surface area contributed by atoms with Crippen LogP contribution in [0.25, 0.3) is 0 Å². The van der Waals surface area contributed by atoms with E-state index in [1.165, 1.54) is 0 Å². The van der Waals surface area contributed by atoms with Gasteiger partial charge in [0.1, 0.15) is 0 Å². The van der Waals surface area contributed by atoms with Gasteiger partial charge in [0.25, 0.3) is 5.91 Å². The lowest BCUT2D eigenvalue weighted by Gasteiger charge is -2.34. The van der Waals surface area contributed by atoms with E-state index >= 15 is 0 Å². The Morgan fingerprint density at radius 2 is 1.89 bits per heavy atom. The zero-order valence-corrected chi connectivity index (χ0v) is 21.5. The van der Waals surface area contributed by atoms with E-state index in [2.05, 4.69) is 16.3 Å². The van der Waals surface area contributed by atoms with Gasteiger partial charge in [0, 0.05) is 46.8 Å². The van der Waals surface area contributed by atoms with Crippen molar-refractivity contribution in [3.8, 4) is 17.6 Å². The maximum absolute atomic E-state index is 13.0. The Bertz CT molecular complexity index is 1270. The van der Waals surface area contributed by atoms with Crippen LogP contribution in [0.2, 0.25) is 10.0 Å². The van der Waals surface area contributed by atoms with Crippen molar-refractivity contribution in [2.45, 2.75) is 25.3 Å². The molecule has 6 nitrogen and oxygen atoms in total. The van der Waals surface area contributed by atoms with Crippen molar-refractivity contribution in [1.29, 1.82) is 5.26 Å². The molecule has 1 saturated heterocycles. The molecule has 0 bridgehead atoms. The Morgan fingerprint density at radius 1 is 1.08 bits per heavy atom. The van der Waals surface area contributed by atoms with E-state index in [9.17, 15) is 4.79 Å². The molecule has 0 radical (unpaired) electrons. The maximum atomic E-state index is 13.0. The van der Waals surface area contributed by atoms with Crippen molar-refractivity contribution in [3.63, 3.8) is 0 Å². The summed E-state index contributed by atoms with van der Waals surface area (Å²) in [6.45, 7) is 1.99. The first-order valence-electron chi connectivity index (χ1n) is 11.8. The standard InChI is InChI=1S/C28H27Cl2N3O3/c1-35-26-8-6-21(16-27(26)36-14-11-20-5-7-22(29)17-25(20)30)28(34)32-23-9-12-33(13-10-23)24-4-2-3-19(15-24)18-31/h2-8,15-17,23H,9-14H2,1H3,(H,32,34). The fraction of sp³-hybridized carbons (Fsp3) is 0.286. The number of halogens is 2. The van der Waals surface area contributed by atoms with E-state index in [4.69, 9.17) is 37.9 Å². The third-order valence-electron chi connectivity index (χ3n) is 6.24. The number of benzene rings is 3. The number of ether oxygens (including phenoxy) is 2. The minimum Gasteiger partial charge on any atom is -0.493 e. The van der Waals surface area contributed by atoms with Gasteiger partial charge in [-0.1, -0.05) is 35.3 Å². The SMILES string of the molecule is COc1ccc(C(=O)NC2CCN(c3cccc(C#N)c3)CC2)cc1OCCc1ccc(Cl)cc1Cl. The summed E-state index contributed by atoms with van der Waals surface area (Å²) in [5.41, 5.74) is 3.13. The molecule has 1 fully saturated rings. The monoisotopic (exact) mass is 523 g/mol. The van der Waals surface area contributed by atoms with Gasteiger partial charge in [-0.15, -0.1) is 0 Å². The molecule has 1 amide bonds. The maximum Gasteiger partial charge on any atom is 0.251 e. The smallest absolute Gasteiger partial charge is 0.251 e. The van der Waals surface area contributed by atoms with Gasteiger partial charge in [0.05, 0.1) is 25.3 Å². The van der Waals surface area contributed by atoms with Crippen molar-refractivity contribution in [1.82, 2.24) is 5.32 Å². The molecule has 4 rings (SSSR count). The predicted octanol–water partition coefficient (Wildman–Crippen LogP) is 5.89. The number of carbonyl (C=O) groups is 1. The number of methoxy groups -OCH3 is 1. The molecular formula is C28H27Cl2N3O3. The summed E-state index contributed by atoms with van der Waals surface area (Å²) in [5.74, 6) is 0.914. The van der Waals surface area contributed by atoms with E-state index in [1.807, 2.05) is 24.3 Å². The number of hydrogen-bond donors (Lipinski definition) is 1. The highest BCUT2D eigenvalue weighted by molar-refractivity contribution is 6.35. The van der Waals surface area contributed by atoms with E-state index in [-0.39, 0.29) is 11.9 Å². The third-order valence-corrected chi connectivity index (χ3v) is 6.83. The van der Waals surface area contributed by atoms with E-state index in [0.29, 0.717) is 45.7 Å². The first-order valence-corrected chi connectivity index (χ1v) is 12.5. The van der Waals surface area contributed by atoms with Gasteiger partial charge < -0.3 is 19.7 Å². The van der Waals surface area contributed by atoms with Gasteiger partial charge in [0.15, 0.2) is 11.5 Å². The highest BCUT2D eigenvalue weighted by Gasteiger charge is 2.22. The molecule has 0 spiro atoms. The lowest BCUT2D eigenvalue weighted by molar-refractivity contribution is 0.0930. The van der Waals surface area contributed by atoms with Crippen LogP contribution in [0.15, 0.2) is 60.7 Å². The molecule has 1 N–H and O–H groups in total. The summed E-state index contributed by atoms with van der Waals surface area (Å²) in [4.78, 5) is 15.2. The molecule has 8 heteroatoms. The van der Waals surface area contributed by atoms with Gasteiger partial charge in [-0.3, -0.25) is 4.79 Å². The molecule has 0 aliphatic carbocycles. The molecule has 1 heterocycles. The van der Waals surface area contributed by atoms with Crippen LogP contribution >= 0.6 is 23.2 Å². The molecule has 3 aromatic carbocycles. The van der Waals surface area contributed by atoms with Gasteiger partial charge in [0.2, 0.25) is 0 Å². The van der Waals surface area contributed by atoms with Gasteiger partial charge >= 0.3 is 0 Å². The number of amides is 1. The van der Waals surface area contributed by atoms with E-state index in [0.717, 1.165) is 37.2 Å². The van der Waals surface area contributed by atoms with Gasteiger partial charge in [-0.2, -0.15) is 5.26 Å². The van der Waals surface area contributed by atoms with E-state index in [1.54, 1.807) is 43.5 Å². The minimum absolute atomic E-state index is 0.0754. The Morgan fingerprint density at radius 3 is 2.61 bits per heavy atom. The normalized spacial score (nSPS) is 13.7. The van der Waals surface area contributed by atoms with Crippen molar-refractivity contribution in [2.24, 2.45) is 0 Å². The summed E-state index contributed by atoms with van der Waals surface area (Å²) in [5, 5.41) is 13.5. The second-order valence-corrected chi connectivity index (χ2v) is 9.44. The van der Waals surface area contributed by atoms with Crippen LogP contribution in [0.3, 0.4) is 0 Å². The number of anilines is 1. The van der Waals surface area contributed by atoms with Crippen LogP contribution in [0.4, 0.5) is 5.69 Å². The number of hydrogen-bond acceptors (Lipinski definition) is 5. The molecule has 0 unspecified atom stereocenters. The Balaban J connectivity index is 1.33. The summed E-state index contributed by atoms with van der Waals surface area (Å²) < 4.78 is 11.4. The molecule has 186 valence electrons. The fourth-order valence-corrected chi connectivity index (χ4v) is 4.75. The van der Waals surface area contributed by atoms with Crippen molar-refractivity contribution in [3.05, 3.63) is 87.4 Å². The molecule has 3 aromatic rings. The highest BCUT2D eigenvalue weighted by atomic mass is 35.5. The largest absolute Gasteiger partial charge is 0.493 e. The fourth-order valence-electron chi connectivity index (χ4n) is 4.25. The van der Waals surface area contributed by atoms with Crippen LogP contribution < -0.4 is 19.7 Å². The Labute approximate surface area is 221 Å². The number of carbonyl (C=O) groups excluding carboxylic acids is 1. The van der Waals surface area contributed by atoms with Gasteiger partial charge in [-0.25, -0.2) is 0 Å². The topological polar surface area (TPSA) is 74.6 Å². The molecule has 0 saturated carbocycles. The average Bonchev–Trinajstić information content (AvgIpc) is 2.90. The molecular weight excluding hydrogens is 497 g/mol. The first-order chi connectivity index (χ1) is 17.5. The quantitative estimate of drug-likeness (QED) is 0.398. The zero-order chi connectivity index (χ0) is 25.5. The molecule has 0 atom stereocenters. The minimum atomic E-state index is -0.145. The van der Waals surface area contributed by atoms with Crippen molar-refractivity contribution < 1.29 is 14.3 Å². The van der Waals surface area contributed by atoms with Crippen molar-refractivity contribution >= 4 is 34.8 Å². The first kappa shape index (κ1) is 25.7. The van der Waals surface area contributed by atoms with Crippen LogP contribution in [0, 0.1) is 11.3 Å². The number of nitrogens with zero attached hydrogens (tertiary/aromatic N) is 2. The summed E-state index contributed by atoms with van der Waals surface area (Å²) in [6.07, 6.45) is 2.24. The Kier molecular flexibility index (Phi) is 8.58. The van der Waals surface area contributed by atoms with Crippen LogP contribution in [0.5, 0.6) is 11.5 Å². The third kappa shape index (κ3) is 6.42. The number of nitriles is 1. The van der Waals surface area contributed by atoms with Crippen LogP contribution in [-0.4, -0.2) is 38.8 Å². The summed E-state index contributed by atoms with van der Waals surface area (Å²) in [6, 6.07) is 20.4. The molecule has 36 heavy (non-hydrogen) atoms. The molecule has 1 aliphatic heterocycles. The summed E-state index contributed by atoms with van der Waals surface area (Å²) in [7, 11) is 1.57. The van der Waals surface area contributed by atoms with E-state index < -0.39 is 0 Å². The van der Waals surface area contributed by atoms with Gasteiger partial charge in [-0.05, 0) is 66.9 Å². The zero-order valence-electron chi connectivity index (χ0n) is 20.0. The number of nitrogens with one attached hydrogen (secondary N) is 1. The Hall–Kier alpha value is -3.40. The molecule has 1 aliphatic rings. The second-order valence-electron chi connectivity index (χ2n) is 8.60. The van der Waals surface area contributed by atoms with Crippen LogP contribution in [-0.2, 0) is 6.42 Å². The second kappa shape index (κ2) is 12.0. The number of piperidine rings is 1. The van der Waals surface area contributed by atoms with Crippen molar-refractivity contribution in [2.75, 3.05) is 31.7 Å². The van der Waals surface area contributed by atoms with Crippen LogP contribution in [0.1, 0.15) is 34.3 Å². The summed E-state index contributed by atoms with van der Waals surface area (Å²) >= 11 is 12.2. The highest BCUT2D eigenvalue weighted by Crippen LogP contribution is 2.29.